The van der Waals surface area contributed by atoms with Crippen molar-refractivity contribution in [1.82, 2.24) is 4.90 Å². The zero-order valence-corrected chi connectivity index (χ0v) is 14.8. The number of urea groups is 1. The van der Waals surface area contributed by atoms with E-state index in [0.717, 1.165) is 28.7 Å². The van der Waals surface area contributed by atoms with Crippen LogP contribution >= 0.6 is 15.9 Å². The van der Waals surface area contributed by atoms with E-state index in [-0.39, 0.29) is 6.03 Å². The molecule has 23 heavy (non-hydrogen) atoms. The van der Waals surface area contributed by atoms with Crippen molar-refractivity contribution in [2.75, 3.05) is 19.0 Å². The Balaban J connectivity index is 1.78. The summed E-state index contributed by atoms with van der Waals surface area (Å²) < 4.78 is 6.32. The molecule has 1 heterocycles. The maximum absolute atomic E-state index is 12.6. The van der Waals surface area contributed by atoms with Gasteiger partial charge in [-0.2, -0.15) is 0 Å². The van der Waals surface area contributed by atoms with Crippen LogP contribution < -0.4 is 10.1 Å². The second-order valence-corrected chi connectivity index (χ2v) is 6.59. The summed E-state index contributed by atoms with van der Waals surface area (Å²) in [5.74, 6) is 0.655. The fraction of sp³-hybridized carbons (Fsp3) is 0.278. The van der Waals surface area contributed by atoms with E-state index >= 15 is 0 Å². The van der Waals surface area contributed by atoms with E-state index in [1.54, 1.807) is 7.11 Å². The maximum Gasteiger partial charge on any atom is 0.322 e. The third-order valence-electron chi connectivity index (χ3n) is 4.13. The minimum absolute atomic E-state index is 0.0942. The quantitative estimate of drug-likeness (QED) is 0.848. The first-order chi connectivity index (χ1) is 11.1. The minimum Gasteiger partial charge on any atom is -0.495 e. The molecule has 2 aromatic carbocycles. The Morgan fingerprint density at radius 1 is 1.26 bits per heavy atom. The van der Waals surface area contributed by atoms with Gasteiger partial charge in [-0.3, -0.25) is 0 Å². The number of carbonyl (C=O) groups excluding carboxylic acids is 1. The van der Waals surface area contributed by atoms with Crippen LogP contribution in [0, 0.1) is 6.92 Å². The normalized spacial score (nSPS) is 13.4. The molecule has 0 atom stereocenters. The molecule has 0 bridgehead atoms. The number of aryl methyl sites for hydroxylation is 1. The zero-order valence-electron chi connectivity index (χ0n) is 13.2. The van der Waals surface area contributed by atoms with Crippen molar-refractivity contribution in [2.24, 2.45) is 0 Å². The first-order valence-electron chi connectivity index (χ1n) is 7.55. The molecule has 5 heteroatoms. The van der Waals surface area contributed by atoms with Crippen LogP contribution in [0.5, 0.6) is 5.75 Å². The molecule has 0 radical (unpaired) electrons. The average molecular weight is 375 g/mol. The number of nitrogens with zero attached hydrogens (tertiary/aromatic N) is 1. The summed E-state index contributed by atoms with van der Waals surface area (Å²) in [7, 11) is 1.61. The highest BCUT2D eigenvalue weighted by Gasteiger charge is 2.22. The number of amides is 2. The minimum atomic E-state index is -0.0942. The van der Waals surface area contributed by atoms with E-state index in [1.807, 2.05) is 36.1 Å². The van der Waals surface area contributed by atoms with Crippen LogP contribution in [-0.2, 0) is 13.0 Å². The van der Waals surface area contributed by atoms with Crippen LogP contribution in [0.4, 0.5) is 10.5 Å². The van der Waals surface area contributed by atoms with Gasteiger partial charge in [0.05, 0.1) is 12.8 Å². The van der Waals surface area contributed by atoms with Gasteiger partial charge in [0.15, 0.2) is 0 Å². The van der Waals surface area contributed by atoms with E-state index in [0.29, 0.717) is 12.3 Å². The molecule has 3 rings (SSSR count). The largest absolute Gasteiger partial charge is 0.495 e. The molecule has 0 saturated heterocycles. The lowest BCUT2D eigenvalue weighted by Gasteiger charge is -2.29. The second-order valence-electron chi connectivity index (χ2n) is 5.67. The Labute approximate surface area is 144 Å². The van der Waals surface area contributed by atoms with Gasteiger partial charge < -0.3 is 15.0 Å². The molecule has 1 N–H and O–H groups in total. The lowest BCUT2D eigenvalue weighted by atomic mass is 10.0. The monoisotopic (exact) mass is 374 g/mol. The molecule has 0 aliphatic carbocycles. The molecule has 0 fully saturated rings. The second kappa shape index (κ2) is 6.62. The van der Waals surface area contributed by atoms with Gasteiger partial charge in [0.1, 0.15) is 5.75 Å². The summed E-state index contributed by atoms with van der Waals surface area (Å²) in [5, 5.41) is 3.00. The number of carbonyl (C=O) groups is 1. The summed E-state index contributed by atoms with van der Waals surface area (Å²) >= 11 is 3.45. The van der Waals surface area contributed by atoms with Gasteiger partial charge in [0.25, 0.3) is 0 Å². The van der Waals surface area contributed by atoms with Crippen LogP contribution in [0.1, 0.15) is 16.7 Å². The van der Waals surface area contributed by atoms with Gasteiger partial charge in [0, 0.05) is 17.6 Å². The lowest BCUT2D eigenvalue weighted by Crippen LogP contribution is -2.39. The smallest absolute Gasteiger partial charge is 0.322 e. The van der Waals surface area contributed by atoms with Crippen molar-refractivity contribution in [3.63, 3.8) is 0 Å². The van der Waals surface area contributed by atoms with Crippen molar-refractivity contribution < 1.29 is 9.53 Å². The van der Waals surface area contributed by atoms with Crippen LogP contribution in [-0.4, -0.2) is 24.6 Å². The molecule has 0 spiro atoms. The number of halogens is 1. The summed E-state index contributed by atoms with van der Waals surface area (Å²) in [6.45, 7) is 3.31. The van der Waals surface area contributed by atoms with E-state index < -0.39 is 0 Å². The van der Waals surface area contributed by atoms with Gasteiger partial charge in [-0.1, -0.05) is 40.2 Å². The zero-order chi connectivity index (χ0) is 16.4. The summed E-state index contributed by atoms with van der Waals surface area (Å²) in [6.07, 6.45) is 0.889. The Hall–Kier alpha value is -2.01. The number of methoxy groups -OCH3 is 1. The molecule has 1 aliphatic rings. The molecule has 1 aliphatic heterocycles. The first-order valence-corrected chi connectivity index (χ1v) is 8.34. The van der Waals surface area contributed by atoms with Crippen LogP contribution in [0.2, 0.25) is 0 Å². The summed E-state index contributed by atoms with van der Waals surface area (Å²) in [5.41, 5.74) is 4.23. The van der Waals surface area contributed by atoms with Gasteiger partial charge in [-0.25, -0.2) is 4.79 Å². The van der Waals surface area contributed by atoms with E-state index in [2.05, 4.69) is 33.4 Å². The third-order valence-corrected chi connectivity index (χ3v) is 4.59. The molecule has 2 amide bonds. The van der Waals surface area contributed by atoms with Crippen molar-refractivity contribution in [2.45, 2.75) is 19.9 Å². The predicted octanol–water partition coefficient (Wildman–Crippen LogP) is 4.36. The lowest BCUT2D eigenvalue weighted by molar-refractivity contribution is 0.206. The van der Waals surface area contributed by atoms with Gasteiger partial charge in [0.2, 0.25) is 0 Å². The number of benzene rings is 2. The first kappa shape index (κ1) is 15.9. The molecule has 0 saturated carbocycles. The number of hydrogen-bond donors (Lipinski definition) is 1. The van der Waals surface area contributed by atoms with Crippen LogP contribution in [0.25, 0.3) is 0 Å². The molecular formula is C18H19BrN2O2. The van der Waals surface area contributed by atoms with Crippen molar-refractivity contribution in [1.29, 1.82) is 0 Å². The van der Waals surface area contributed by atoms with Crippen molar-refractivity contribution in [3.05, 3.63) is 57.6 Å². The van der Waals surface area contributed by atoms with E-state index in [4.69, 9.17) is 4.74 Å². The molecular weight excluding hydrogens is 356 g/mol. The summed E-state index contributed by atoms with van der Waals surface area (Å²) in [4.78, 5) is 14.5. The Morgan fingerprint density at radius 3 is 2.74 bits per heavy atom. The van der Waals surface area contributed by atoms with Crippen LogP contribution in [0.3, 0.4) is 0 Å². The Morgan fingerprint density at radius 2 is 2.00 bits per heavy atom. The maximum atomic E-state index is 12.6. The molecule has 120 valence electrons. The highest BCUT2D eigenvalue weighted by atomic mass is 79.9. The predicted molar refractivity (Wildman–Crippen MR) is 95.0 cm³/mol. The average Bonchev–Trinajstić information content (AvgIpc) is 2.56. The number of anilines is 1. The highest BCUT2D eigenvalue weighted by molar-refractivity contribution is 9.10. The van der Waals surface area contributed by atoms with Crippen molar-refractivity contribution in [3.8, 4) is 5.75 Å². The summed E-state index contributed by atoms with van der Waals surface area (Å²) in [6, 6.07) is 12.0. The Kier molecular flexibility index (Phi) is 4.57. The molecule has 4 nitrogen and oxygen atoms in total. The fourth-order valence-corrected chi connectivity index (χ4v) is 3.44. The molecule has 0 aromatic heterocycles. The van der Waals surface area contributed by atoms with E-state index in [1.165, 1.54) is 11.1 Å². The standard InChI is InChI=1S/C18H19BrN2O2/c1-12-9-15(19)10-16(23-2)17(12)20-18(22)21-8-7-13-5-3-4-6-14(13)11-21/h3-6,9-10H,7-8,11H2,1-2H3,(H,20,22). The van der Waals surface area contributed by atoms with E-state index in [9.17, 15) is 4.79 Å². The number of ether oxygens (including phenoxy) is 1. The van der Waals surface area contributed by atoms with Gasteiger partial charge in [-0.05, 0) is 42.2 Å². The van der Waals surface area contributed by atoms with Crippen LogP contribution in [0.15, 0.2) is 40.9 Å². The fourth-order valence-electron chi connectivity index (χ4n) is 2.89. The van der Waals surface area contributed by atoms with Gasteiger partial charge >= 0.3 is 6.03 Å². The van der Waals surface area contributed by atoms with Crippen molar-refractivity contribution >= 4 is 27.6 Å². The number of fused-ring (bicyclic) bond motifs is 1. The highest BCUT2D eigenvalue weighted by Crippen LogP contribution is 2.32. The number of rotatable bonds is 2. The topological polar surface area (TPSA) is 41.6 Å². The Bertz CT molecular complexity index is 746. The van der Waals surface area contributed by atoms with Gasteiger partial charge in [-0.15, -0.1) is 0 Å². The number of hydrogen-bond acceptors (Lipinski definition) is 2. The SMILES string of the molecule is COc1cc(Br)cc(C)c1NC(=O)N1CCc2ccccc2C1. The number of nitrogens with one attached hydrogen (secondary N) is 1. The molecule has 0 unspecified atom stereocenters. The molecule has 2 aromatic rings. The third kappa shape index (κ3) is 3.34.